The highest BCUT2D eigenvalue weighted by molar-refractivity contribution is 5.28. The van der Waals surface area contributed by atoms with Crippen molar-refractivity contribution in [3.05, 3.63) is 29.8 Å². The minimum atomic E-state index is -0.511. The molecule has 0 aliphatic heterocycles. The molecule has 0 heterocycles. The molecule has 3 heteroatoms. The van der Waals surface area contributed by atoms with Gasteiger partial charge in [-0.1, -0.05) is 12.1 Å². The van der Waals surface area contributed by atoms with E-state index in [-0.39, 0.29) is 6.54 Å². The number of benzene rings is 1. The Morgan fingerprint density at radius 1 is 1.75 bits per heavy atom. The minimum absolute atomic E-state index is 0.283. The van der Waals surface area contributed by atoms with Gasteiger partial charge >= 0.3 is 0 Å². The van der Waals surface area contributed by atoms with Crippen molar-refractivity contribution in [1.29, 1.82) is 2.86 Å². The van der Waals surface area contributed by atoms with E-state index in [0.717, 1.165) is 0 Å². The molecule has 0 fully saturated rings. The molecular formula is C9H13NO2. The van der Waals surface area contributed by atoms with Crippen molar-refractivity contribution in [1.82, 2.24) is 5.31 Å². The molecule has 1 atom stereocenters. The molecule has 0 spiro atoms. The van der Waals surface area contributed by atoms with E-state index < -0.39 is 6.10 Å². The maximum absolute atomic E-state index is 7.26. The Morgan fingerprint density at radius 3 is 3.33 bits per heavy atom. The Labute approximate surface area is 76.1 Å². The highest BCUT2D eigenvalue weighted by Gasteiger charge is 2.05. The van der Waals surface area contributed by atoms with Crippen LogP contribution in [0.25, 0.3) is 0 Å². The molecule has 0 aromatic heterocycles. The summed E-state index contributed by atoms with van der Waals surface area (Å²) in [7, 11) is 1.58. The molecule has 0 saturated carbocycles. The molecule has 1 rings (SSSR count). The number of phenolic OH excluding ortho intramolecular Hbond substituents is 1. The molecule has 12 heavy (non-hydrogen) atoms. The Balaban J connectivity index is 2.81. The fourth-order valence-electron chi connectivity index (χ4n) is 0.986. The van der Waals surface area contributed by atoms with E-state index in [1.807, 2.05) is 0 Å². The number of aliphatic hydroxyl groups is 1. The maximum atomic E-state index is 7.26. The van der Waals surface area contributed by atoms with E-state index in [4.69, 9.17) is 4.27 Å². The average molecular weight is 170 g/mol. The van der Waals surface area contributed by atoms with Gasteiger partial charge in [-0.2, -0.15) is 0 Å². The molecule has 0 unspecified atom stereocenters. The standard InChI is InChI=1S/C9H13NO2/c1-10-6-9(12)7-3-2-4-8(11)5-7/h2-5,9-12H,6H2,1H3/t9-/m0/s1/i12D/hD2. The van der Waals surface area contributed by atoms with Gasteiger partial charge in [-0.05, 0) is 24.7 Å². The van der Waals surface area contributed by atoms with E-state index >= 15 is 0 Å². The van der Waals surface area contributed by atoms with Gasteiger partial charge in [0.1, 0.15) is 7.16 Å². The molecule has 0 bridgehead atoms. The Bertz CT molecular complexity index is 309. The Morgan fingerprint density at radius 2 is 2.67 bits per heavy atom. The quantitative estimate of drug-likeness (QED) is 0.608. The first kappa shape index (κ1) is 5.56. The first-order valence-corrected chi connectivity index (χ1v) is 3.72. The van der Waals surface area contributed by atoms with Gasteiger partial charge in [0.2, 0.25) is 1.43 Å². The van der Waals surface area contributed by atoms with E-state index in [2.05, 4.69) is 10.2 Å². The second-order valence-corrected chi connectivity index (χ2v) is 2.56. The normalized spacial score (nSPS) is 16.3. The van der Waals surface area contributed by atoms with Crippen LogP contribution in [0.3, 0.4) is 0 Å². The van der Waals surface area contributed by atoms with Crippen molar-refractivity contribution in [3.8, 4) is 5.75 Å². The van der Waals surface area contributed by atoms with E-state index in [9.17, 15) is 0 Å². The molecule has 0 aliphatic carbocycles. The van der Waals surface area contributed by atoms with Crippen molar-refractivity contribution in [3.63, 3.8) is 0 Å². The largest absolute Gasteiger partial charge is 0.508 e. The second-order valence-electron chi connectivity index (χ2n) is 2.56. The van der Waals surface area contributed by atoms with Crippen molar-refractivity contribution >= 4 is 0 Å². The predicted molar refractivity (Wildman–Crippen MR) is 47.0 cm³/mol. The van der Waals surface area contributed by atoms with Crippen LogP contribution < -0.4 is 5.31 Å². The number of nitrogens with one attached hydrogen (secondary N) is 1. The van der Waals surface area contributed by atoms with Crippen LogP contribution in [0, 0.1) is 0 Å². The van der Waals surface area contributed by atoms with Gasteiger partial charge in [-0.15, -0.1) is 0 Å². The van der Waals surface area contributed by atoms with E-state index in [0.29, 0.717) is 11.3 Å². The fourth-order valence-corrected chi connectivity index (χ4v) is 0.986. The first-order chi connectivity index (χ1) is 7.17. The molecule has 1 aromatic carbocycles. The molecule has 0 radical (unpaired) electrons. The third-order valence-electron chi connectivity index (χ3n) is 1.58. The Kier molecular flexibility index (Phi) is 1.90. The third-order valence-corrected chi connectivity index (χ3v) is 1.58. The summed E-state index contributed by atoms with van der Waals surface area (Å²) in [6.45, 7) is 0.283. The fraction of sp³-hybridized carbons (Fsp3) is 0.333. The van der Waals surface area contributed by atoms with Crippen LogP contribution in [0.4, 0.5) is 0 Å². The van der Waals surface area contributed by atoms with Gasteiger partial charge in [0, 0.05) is 6.54 Å². The summed E-state index contributed by atoms with van der Waals surface area (Å²) in [5, 5.41) is 10.0. The maximum Gasteiger partial charge on any atom is 0.293 e. The summed E-state index contributed by atoms with van der Waals surface area (Å²) in [6.07, 6.45) is -0.511. The van der Waals surface area contributed by atoms with Gasteiger partial charge in [0.05, 0.1) is 6.10 Å². The second kappa shape index (κ2) is 4.09. The van der Waals surface area contributed by atoms with E-state index in [1.165, 1.54) is 5.31 Å². The zero-order valence-corrected chi connectivity index (χ0v) is 6.86. The average Bonchev–Trinajstić information content (AvgIpc) is 2.25. The van der Waals surface area contributed by atoms with Crippen molar-refractivity contribution in [2.45, 2.75) is 6.10 Å². The van der Waals surface area contributed by atoms with Gasteiger partial charge in [0.25, 0.3) is 1.43 Å². The highest BCUT2D eigenvalue weighted by Crippen LogP contribution is 2.17. The molecular weight excluding hydrogens is 154 g/mol. The molecule has 0 saturated heterocycles. The van der Waals surface area contributed by atoms with Crippen molar-refractivity contribution in [2.24, 2.45) is 0 Å². The number of hydrogen-bond acceptors (Lipinski definition) is 3. The first-order valence-electron chi connectivity index (χ1n) is 4.99. The van der Waals surface area contributed by atoms with Crippen LogP contribution in [-0.4, -0.2) is 26.7 Å². The van der Waals surface area contributed by atoms with Crippen LogP contribution in [-0.2, 0) is 0 Å². The Hall–Kier alpha value is -1.06. The number of rotatable bonds is 5. The zero-order valence-electron chi connectivity index (χ0n) is 9.86. The number of aliphatic hydroxyl groups excluding tert-OH is 1. The summed E-state index contributed by atoms with van der Waals surface area (Å²) >= 11 is 0. The number of aromatic hydroxyl groups is 1. The summed E-state index contributed by atoms with van der Waals surface area (Å²) < 4.78 is 20.9. The SMILES string of the molecule is [2H]Oc1cccc([C@H](CN([2H])C)O[2H])c1. The lowest BCUT2D eigenvalue weighted by Gasteiger charge is -2.09. The monoisotopic (exact) mass is 170 g/mol. The lowest BCUT2D eigenvalue weighted by Crippen LogP contribution is -2.16. The molecule has 66 valence electrons. The molecule has 0 amide bonds. The highest BCUT2D eigenvalue weighted by atomic mass is 16.3. The smallest absolute Gasteiger partial charge is 0.293 e. The van der Waals surface area contributed by atoms with Crippen LogP contribution in [0.2, 0.25) is 1.41 Å². The molecule has 0 aliphatic rings. The zero-order chi connectivity index (χ0) is 11.3. The van der Waals surface area contributed by atoms with Gasteiger partial charge in [0.15, 0.2) is 0 Å². The summed E-state index contributed by atoms with van der Waals surface area (Å²) in [5.74, 6) is 0.391. The summed E-state index contributed by atoms with van der Waals surface area (Å²) in [5.41, 5.74) is 0.717. The number of hydrogen-bond donors (Lipinski definition) is 3. The van der Waals surface area contributed by atoms with Crippen LogP contribution in [0.5, 0.6) is 5.75 Å². The minimum Gasteiger partial charge on any atom is -0.508 e. The third kappa shape index (κ3) is 2.22. The van der Waals surface area contributed by atoms with Crippen LogP contribution in [0.1, 0.15) is 11.7 Å². The van der Waals surface area contributed by atoms with Crippen LogP contribution in [0.15, 0.2) is 24.3 Å². The van der Waals surface area contributed by atoms with Gasteiger partial charge < -0.3 is 15.5 Å². The number of phenols is 1. The lowest BCUT2D eigenvalue weighted by atomic mass is 10.1. The van der Waals surface area contributed by atoms with Crippen molar-refractivity contribution < 1.29 is 11.6 Å². The number of likely N-dealkylation sites (N-methyl/N-ethyl adjacent to an activating group) is 1. The van der Waals surface area contributed by atoms with Crippen molar-refractivity contribution in [2.75, 3.05) is 13.6 Å². The lowest BCUT2D eigenvalue weighted by molar-refractivity contribution is 0.177. The molecule has 3 N–H and O–H groups in total. The summed E-state index contributed by atoms with van der Waals surface area (Å²) in [4.78, 5) is 0. The van der Waals surface area contributed by atoms with E-state index in [1.54, 1.807) is 31.3 Å². The predicted octanol–water partition coefficient (Wildman–Crippen LogP) is 0.645. The van der Waals surface area contributed by atoms with Gasteiger partial charge in [-0.3, -0.25) is 0 Å². The molecule has 1 aromatic rings. The molecule has 3 nitrogen and oxygen atoms in total. The van der Waals surface area contributed by atoms with Crippen LogP contribution >= 0.6 is 0 Å². The summed E-state index contributed by atoms with van der Waals surface area (Å²) in [6, 6.07) is 6.75. The van der Waals surface area contributed by atoms with Gasteiger partial charge in [-0.25, -0.2) is 0 Å². The topological polar surface area (TPSA) is 52.5 Å².